The van der Waals surface area contributed by atoms with Crippen molar-refractivity contribution >= 4 is 32.9 Å². The molecule has 1 aromatic heterocycles. The first-order valence-corrected chi connectivity index (χ1v) is 5.23. The zero-order chi connectivity index (χ0) is 10.3. The maximum atomic E-state index is 4.48. The molecule has 3 nitrogen and oxygen atoms in total. The quantitative estimate of drug-likeness (QED) is 0.847. The lowest BCUT2D eigenvalue weighted by molar-refractivity contribution is 0.952. The van der Waals surface area contributed by atoms with Crippen LogP contribution >= 0.6 is 15.9 Å². The van der Waals surface area contributed by atoms with E-state index < -0.39 is 0 Å². The van der Waals surface area contributed by atoms with E-state index in [9.17, 15) is 0 Å². The van der Waals surface area contributed by atoms with Gasteiger partial charge in [0.15, 0.2) is 0 Å². The SMILES string of the molecule is CNc1nc2c(Br)cc(C)cc2n1C. The Hall–Kier alpha value is -1.03. The molecule has 0 saturated carbocycles. The zero-order valence-electron chi connectivity index (χ0n) is 8.43. The molecule has 14 heavy (non-hydrogen) atoms. The van der Waals surface area contributed by atoms with Gasteiger partial charge in [-0.05, 0) is 40.5 Å². The molecule has 0 atom stereocenters. The number of aromatic nitrogens is 2. The highest BCUT2D eigenvalue weighted by atomic mass is 79.9. The summed E-state index contributed by atoms with van der Waals surface area (Å²) in [5.41, 5.74) is 3.37. The van der Waals surface area contributed by atoms with Gasteiger partial charge in [-0.15, -0.1) is 0 Å². The van der Waals surface area contributed by atoms with Gasteiger partial charge in [0.1, 0.15) is 5.52 Å². The van der Waals surface area contributed by atoms with E-state index in [4.69, 9.17) is 0 Å². The van der Waals surface area contributed by atoms with E-state index in [0.717, 1.165) is 21.5 Å². The van der Waals surface area contributed by atoms with Crippen LogP contribution in [0, 0.1) is 6.92 Å². The summed E-state index contributed by atoms with van der Waals surface area (Å²) in [7, 11) is 3.88. The maximum Gasteiger partial charge on any atom is 0.203 e. The van der Waals surface area contributed by atoms with Crippen molar-refractivity contribution in [2.45, 2.75) is 6.92 Å². The van der Waals surface area contributed by atoms with Crippen molar-refractivity contribution in [1.29, 1.82) is 0 Å². The van der Waals surface area contributed by atoms with E-state index in [2.05, 4.69) is 45.3 Å². The topological polar surface area (TPSA) is 29.9 Å². The van der Waals surface area contributed by atoms with Crippen LogP contribution in [0.15, 0.2) is 16.6 Å². The Bertz CT molecular complexity index is 488. The number of rotatable bonds is 1. The van der Waals surface area contributed by atoms with Crippen molar-refractivity contribution in [3.8, 4) is 0 Å². The molecule has 74 valence electrons. The minimum Gasteiger partial charge on any atom is -0.359 e. The molecule has 2 aromatic rings. The molecule has 0 fully saturated rings. The fraction of sp³-hybridized carbons (Fsp3) is 0.300. The van der Waals surface area contributed by atoms with Crippen LogP contribution in [0.3, 0.4) is 0 Å². The Morgan fingerprint density at radius 1 is 1.43 bits per heavy atom. The maximum absolute atomic E-state index is 4.48. The van der Waals surface area contributed by atoms with E-state index in [1.54, 1.807) is 0 Å². The highest BCUT2D eigenvalue weighted by Gasteiger charge is 2.09. The minimum absolute atomic E-state index is 0.881. The number of anilines is 1. The van der Waals surface area contributed by atoms with Crippen molar-refractivity contribution in [2.75, 3.05) is 12.4 Å². The standard InChI is InChI=1S/C10H12BrN3/c1-6-4-7(11)9-8(5-6)14(3)10(12-2)13-9/h4-5H,1-3H3,(H,12,13). The van der Waals surface area contributed by atoms with Crippen LogP contribution < -0.4 is 5.32 Å². The Balaban J connectivity index is 2.85. The molecule has 1 aromatic carbocycles. The van der Waals surface area contributed by atoms with Gasteiger partial charge >= 0.3 is 0 Å². The fourth-order valence-corrected chi connectivity index (χ4v) is 2.25. The lowest BCUT2D eigenvalue weighted by atomic mass is 10.2. The lowest BCUT2D eigenvalue weighted by Crippen LogP contribution is -1.97. The minimum atomic E-state index is 0.881. The zero-order valence-corrected chi connectivity index (χ0v) is 10.0. The van der Waals surface area contributed by atoms with Crippen molar-refractivity contribution < 1.29 is 0 Å². The number of halogens is 1. The Morgan fingerprint density at radius 3 is 2.79 bits per heavy atom. The van der Waals surface area contributed by atoms with Crippen molar-refractivity contribution in [1.82, 2.24) is 9.55 Å². The molecule has 0 spiro atoms. The summed E-state index contributed by atoms with van der Waals surface area (Å²) in [6.07, 6.45) is 0. The van der Waals surface area contributed by atoms with Crippen LogP contribution in [0.4, 0.5) is 5.95 Å². The van der Waals surface area contributed by atoms with E-state index >= 15 is 0 Å². The van der Waals surface area contributed by atoms with Gasteiger partial charge < -0.3 is 9.88 Å². The van der Waals surface area contributed by atoms with Crippen molar-refractivity contribution in [3.05, 3.63) is 22.2 Å². The second kappa shape index (κ2) is 3.28. The number of imidazole rings is 1. The van der Waals surface area contributed by atoms with Crippen LogP contribution in [0.1, 0.15) is 5.56 Å². The molecule has 1 heterocycles. The summed E-state index contributed by atoms with van der Waals surface area (Å²) < 4.78 is 3.09. The third-order valence-electron chi connectivity index (χ3n) is 2.31. The smallest absolute Gasteiger partial charge is 0.203 e. The average Bonchev–Trinajstić information content (AvgIpc) is 2.44. The number of hydrogen-bond donors (Lipinski definition) is 1. The number of fused-ring (bicyclic) bond motifs is 1. The third-order valence-corrected chi connectivity index (χ3v) is 2.91. The fourth-order valence-electron chi connectivity index (χ4n) is 1.60. The summed E-state index contributed by atoms with van der Waals surface area (Å²) in [6.45, 7) is 2.08. The van der Waals surface area contributed by atoms with Crippen LogP contribution in [0.5, 0.6) is 0 Å². The third kappa shape index (κ3) is 1.30. The second-order valence-electron chi connectivity index (χ2n) is 3.36. The first-order chi connectivity index (χ1) is 6.63. The summed E-state index contributed by atoms with van der Waals surface area (Å²) in [5, 5.41) is 3.06. The number of benzene rings is 1. The van der Waals surface area contributed by atoms with Gasteiger partial charge in [0.25, 0.3) is 0 Å². The summed E-state index contributed by atoms with van der Waals surface area (Å²) in [6, 6.07) is 4.21. The van der Waals surface area contributed by atoms with Crippen LogP contribution in [0.2, 0.25) is 0 Å². The van der Waals surface area contributed by atoms with Crippen LogP contribution in [-0.4, -0.2) is 16.6 Å². The van der Waals surface area contributed by atoms with Crippen molar-refractivity contribution in [3.63, 3.8) is 0 Å². The largest absolute Gasteiger partial charge is 0.359 e. The normalized spacial score (nSPS) is 10.9. The predicted molar refractivity (Wildman–Crippen MR) is 62.7 cm³/mol. The highest BCUT2D eigenvalue weighted by molar-refractivity contribution is 9.10. The Morgan fingerprint density at radius 2 is 2.14 bits per heavy atom. The van der Waals surface area contributed by atoms with E-state index in [-0.39, 0.29) is 0 Å². The summed E-state index contributed by atoms with van der Waals surface area (Å²) in [5.74, 6) is 0.881. The second-order valence-corrected chi connectivity index (χ2v) is 4.21. The molecular formula is C10H12BrN3. The van der Waals surface area contributed by atoms with E-state index in [1.165, 1.54) is 5.56 Å². The number of nitrogens with one attached hydrogen (secondary N) is 1. The van der Waals surface area contributed by atoms with Gasteiger partial charge in [-0.3, -0.25) is 0 Å². The molecule has 0 radical (unpaired) electrons. The molecule has 0 bridgehead atoms. The van der Waals surface area contributed by atoms with Gasteiger partial charge in [0.2, 0.25) is 5.95 Å². The van der Waals surface area contributed by atoms with Gasteiger partial charge in [-0.25, -0.2) is 4.98 Å². The molecule has 4 heteroatoms. The number of hydrogen-bond acceptors (Lipinski definition) is 2. The van der Waals surface area contributed by atoms with Crippen LogP contribution in [0.25, 0.3) is 11.0 Å². The van der Waals surface area contributed by atoms with Gasteiger partial charge in [0, 0.05) is 18.6 Å². The summed E-state index contributed by atoms with van der Waals surface area (Å²) in [4.78, 5) is 4.48. The molecule has 0 amide bonds. The molecule has 0 aliphatic rings. The van der Waals surface area contributed by atoms with E-state index in [0.29, 0.717) is 0 Å². The molecule has 0 aliphatic carbocycles. The molecule has 0 unspecified atom stereocenters. The number of nitrogens with zero attached hydrogens (tertiary/aromatic N) is 2. The van der Waals surface area contributed by atoms with E-state index in [1.807, 2.05) is 18.7 Å². The molecule has 2 rings (SSSR count). The number of aryl methyl sites for hydroxylation is 2. The van der Waals surface area contributed by atoms with Crippen LogP contribution in [-0.2, 0) is 7.05 Å². The van der Waals surface area contributed by atoms with Crippen molar-refractivity contribution in [2.24, 2.45) is 7.05 Å². The molecule has 0 aliphatic heterocycles. The molecule has 0 saturated heterocycles. The van der Waals surface area contributed by atoms with Gasteiger partial charge in [0.05, 0.1) is 5.52 Å². The lowest BCUT2D eigenvalue weighted by Gasteiger charge is -2.00. The average molecular weight is 254 g/mol. The molecule has 1 N–H and O–H groups in total. The highest BCUT2D eigenvalue weighted by Crippen LogP contribution is 2.26. The van der Waals surface area contributed by atoms with Gasteiger partial charge in [-0.1, -0.05) is 0 Å². The monoisotopic (exact) mass is 253 g/mol. The Kier molecular flexibility index (Phi) is 2.23. The summed E-state index contributed by atoms with van der Waals surface area (Å²) >= 11 is 3.52. The predicted octanol–water partition coefficient (Wildman–Crippen LogP) is 2.69. The van der Waals surface area contributed by atoms with Gasteiger partial charge in [-0.2, -0.15) is 0 Å². The first kappa shape index (κ1) is 9.52. The Labute approximate surface area is 91.3 Å². The first-order valence-electron chi connectivity index (χ1n) is 4.44. The molecular weight excluding hydrogens is 242 g/mol.